The first kappa shape index (κ1) is 15.3. The molecule has 1 aliphatic rings. The fraction of sp³-hybridized carbons (Fsp3) is 0.467. The first-order valence-corrected chi connectivity index (χ1v) is 7.24. The Morgan fingerprint density at radius 3 is 2.38 bits per heavy atom. The summed E-state index contributed by atoms with van der Waals surface area (Å²) in [6.07, 6.45) is 2.34. The van der Waals surface area contributed by atoms with Gasteiger partial charge in [0.1, 0.15) is 0 Å². The van der Waals surface area contributed by atoms with E-state index in [1.54, 1.807) is 0 Å². The first-order valence-electron chi connectivity index (χ1n) is 7.24. The second-order valence-corrected chi connectivity index (χ2v) is 5.70. The zero-order valence-corrected chi connectivity index (χ0v) is 12.7. The number of hydrogen-bond acceptors (Lipinski definition) is 2. The van der Waals surface area contributed by atoms with E-state index in [0.717, 1.165) is 18.7 Å². The molecule has 6 nitrogen and oxygen atoms in total. The molecule has 0 bridgehead atoms. The predicted octanol–water partition coefficient (Wildman–Crippen LogP) is 1.15. The van der Waals surface area contributed by atoms with Crippen LogP contribution in [0.1, 0.15) is 32.3 Å². The van der Waals surface area contributed by atoms with Gasteiger partial charge in [0, 0.05) is 13.1 Å². The Bertz CT molecular complexity index is 514. The third-order valence-electron chi connectivity index (χ3n) is 3.49. The molecule has 5 N–H and O–H groups in total. The Balaban J connectivity index is 2.05. The number of hydrogen-bond donors (Lipinski definition) is 3. The topological polar surface area (TPSA) is 92.0 Å². The minimum atomic E-state index is -0.442. The summed E-state index contributed by atoms with van der Waals surface area (Å²) in [4.78, 5) is 8.58. The molecule has 114 valence electrons. The molecule has 1 aromatic rings. The van der Waals surface area contributed by atoms with E-state index in [4.69, 9.17) is 11.5 Å². The molecular formula is C15H24N6. The van der Waals surface area contributed by atoms with E-state index in [0.29, 0.717) is 0 Å². The quantitative estimate of drug-likeness (QED) is 0.574. The number of aliphatic imine (C=N–C) groups is 2. The fourth-order valence-electron chi connectivity index (χ4n) is 2.36. The number of nitrogens with one attached hydrogen (secondary N) is 1. The monoisotopic (exact) mass is 288 g/mol. The van der Waals surface area contributed by atoms with Crippen molar-refractivity contribution < 1.29 is 0 Å². The maximum Gasteiger partial charge on any atom is 0.219 e. The van der Waals surface area contributed by atoms with Crippen LogP contribution in [0.4, 0.5) is 0 Å². The van der Waals surface area contributed by atoms with Crippen LogP contribution in [0, 0.1) is 0 Å². The van der Waals surface area contributed by atoms with E-state index < -0.39 is 5.54 Å². The molecule has 1 aliphatic heterocycles. The van der Waals surface area contributed by atoms with E-state index in [1.807, 2.05) is 49.2 Å². The van der Waals surface area contributed by atoms with Crippen LogP contribution in [0.5, 0.6) is 0 Å². The van der Waals surface area contributed by atoms with Crippen molar-refractivity contribution >= 4 is 11.9 Å². The van der Waals surface area contributed by atoms with Gasteiger partial charge in [-0.05, 0) is 32.3 Å². The van der Waals surface area contributed by atoms with Gasteiger partial charge in [-0.15, -0.1) is 0 Å². The standard InChI is InChI=1S/C15H24N6/c1-15(2,12-8-4-3-5-9-12)19-13(16)18-14(17)20-21-10-6-7-11-21/h3-5,8-9H,6-7,10-11H2,1-2H3,(H5,16,17,18,19,20). The van der Waals surface area contributed by atoms with Crippen LogP contribution >= 0.6 is 0 Å². The average Bonchev–Trinajstić information content (AvgIpc) is 2.91. The van der Waals surface area contributed by atoms with Gasteiger partial charge in [0.15, 0.2) is 0 Å². The molecule has 2 rings (SSSR count). The summed E-state index contributed by atoms with van der Waals surface area (Å²) in [5, 5.41) is 2.04. The van der Waals surface area contributed by atoms with Gasteiger partial charge in [-0.2, -0.15) is 4.99 Å². The SMILES string of the molecule is CC(C)(N=C(N)N=C(N)NN1CCCC1)c1ccccc1. The summed E-state index contributed by atoms with van der Waals surface area (Å²) in [6.45, 7) is 5.94. The third-order valence-corrected chi connectivity index (χ3v) is 3.49. The maximum atomic E-state index is 5.90. The minimum absolute atomic E-state index is 0.174. The summed E-state index contributed by atoms with van der Waals surface area (Å²) in [6, 6.07) is 9.98. The molecule has 0 aliphatic carbocycles. The third kappa shape index (κ3) is 4.46. The van der Waals surface area contributed by atoms with E-state index in [1.165, 1.54) is 12.8 Å². The van der Waals surface area contributed by atoms with Crippen LogP contribution in [0.3, 0.4) is 0 Å². The molecule has 0 saturated carbocycles. The van der Waals surface area contributed by atoms with Crippen LogP contribution < -0.4 is 16.9 Å². The van der Waals surface area contributed by atoms with Crippen LogP contribution in [-0.2, 0) is 5.54 Å². The number of nitrogens with two attached hydrogens (primary N) is 2. The van der Waals surface area contributed by atoms with Crippen LogP contribution in [0.25, 0.3) is 0 Å². The molecule has 1 aromatic carbocycles. The lowest BCUT2D eigenvalue weighted by molar-refractivity contribution is 0.294. The molecule has 0 amide bonds. The van der Waals surface area contributed by atoms with E-state index >= 15 is 0 Å². The van der Waals surface area contributed by atoms with Crippen molar-refractivity contribution in [2.24, 2.45) is 21.5 Å². The molecular weight excluding hydrogens is 264 g/mol. The van der Waals surface area contributed by atoms with E-state index in [9.17, 15) is 0 Å². The smallest absolute Gasteiger partial charge is 0.219 e. The van der Waals surface area contributed by atoms with Crippen molar-refractivity contribution in [3.63, 3.8) is 0 Å². The summed E-state index contributed by atoms with van der Waals surface area (Å²) < 4.78 is 0. The van der Waals surface area contributed by atoms with Gasteiger partial charge in [-0.1, -0.05) is 30.3 Å². The first-order chi connectivity index (χ1) is 9.97. The van der Waals surface area contributed by atoms with Gasteiger partial charge in [-0.25, -0.2) is 10.0 Å². The highest BCUT2D eigenvalue weighted by Crippen LogP contribution is 2.24. The summed E-state index contributed by atoms with van der Waals surface area (Å²) in [5.74, 6) is 0.454. The Morgan fingerprint density at radius 2 is 1.76 bits per heavy atom. The number of guanidine groups is 2. The second-order valence-electron chi connectivity index (χ2n) is 5.70. The molecule has 21 heavy (non-hydrogen) atoms. The van der Waals surface area contributed by atoms with Gasteiger partial charge in [-0.3, -0.25) is 5.43 Å². The second kappa shape index (κ2) is 6.58. The highest BCUT2D eigenvalue weighted by molar-refractivity contribution is 5.93. The van der Waals surface area contributed by atoms with Gasteiger partial charge in [0.05, 0.1) is 5.54 Å². The predicted molar refractivity (Wildman–Crippen MR) is 86.7 cm³/mol. The molecule has 1 fully saturated rings. The number of rotatable bonds is 3. The molecule has 1 saturated heterocycles. The van der Waals surface area contributed by atoms with Crippen molar-refractivity contribution in [3.8, 4) is 0 Å². The van der Waals surface area contributed by atoms with Gasteiger partial charge in [0.25, 0.3) is 0 Å². The Morgan fingerprint density at radius 1 is 1.14 bits per heavy atom. The molecule has 6 heteroatoms. The summed E-state index contributed by atoms with van der Waals surface area (Å²) >= 11 is 0. The van der Waals surface area contributed by atoms with Crippen molar-refractivity contribution in [1.82, 2.24) is 10.4 Å². The minimum Gasteiger partial charge on any atom is -0.368 e. The van der Waals surface area contributed by atoms with Gasteiger partial charge in [0.2, 0.25) is 11.9 Å². The lowest BCUT2D eigenvalue weighted by atomic mass is 9.95. The maximum absolute atomic E-state index is 5.90. The normalized spacial score (nSPS) is 18.0. The number of benzene rings is 1. The van der Waals surface area contributed by atoms with Crippen molar-refractivity contribution in [1.29, 1.82) is 0 Å². The number of nitrogens with zero attached hydrogens (tertiary/aromatic N) is 3. The Labute approximate surface area is 125 Å². The molecule has 0 unspecified atom stereocenters. The summed E-state index contributed by atoms with van der Waals surface area (Å²) in [5.41, 5.74) is 15.4. The molecule has 1 heterocycles. The fourth-order valence-corrected chi connectivity index (χ4v) is 2.36. The largest absolute Gasteiger partial charge is 0.368 e. The Kier molecular flexibility index (Phi) is 4.80. The van der Waals surface area contributed by atoms with Gasteiger partial charge >= 0.3 is 0 Å². The molecule has 0 radical (unpaired) electrons. The zero-order chi connectivity index (χ0) is 15.3. The van der Waals surface area contributed by atoms with Gasteiger partial charge < -0.3 is 11.5 Å². The average molecular weight is 288 g/mol. The lowest BCUT2D eigenvalue weighted by Crippen LogP contribution is -2.45. The molecule has 0 atom stereocenters. The number of hydrazine groups is 1. The van der Waals surface area contributed by atoms with Crippen molar-refractivity contribution in [2.45, 2.75) is 32.2 Å². The highest BCUT2D eigenvalue weighted by atomic mass is 15.5. The molecule has 0 spiro atoms. The summed E-state index contributed by atoms with van der Waals surface area (Å²) in [7, 11) is 0. The van der Waals surface area contributed by atoms with Crippen molar-refractivity contribution in [3.05, 3.63) is 35.9 Å². The Hall–Kier alpha value is -2.08. The van der Waals surface area contributed by atoms with E-state index in [2.05, 4.69) is 15.4 Å². The zero-order valence-electron chi connectivity index (χ0n) is 12.7. The van der Waals surface area contributed by atoms with E-state index in [-0.39, 0.29) is 11.9 Å². The van der Waals surface area contributed by atoms with Crippen LogP contribution in [0.2, 0.25) is 0 Å². The molecule has 0 aromatic heterocycles. The van der Waals surface area contributed by atoms with Crippen LogP contribution in [-0.4, -0.2) is 30.0 Å². The van der Waals surface area contributed by atoms with Crippen molar-refractivity contribution in [2.75, 3.05) is 13.1 Å². The lowest BCUT2D eigenvalue weighted by Gasteiger charge is -2.20. The highest BCUT2D eigenvalue weighted by Gasteiger charge is 2.19. The van der Waals surface area contributed by atoms with Crippen LogP contribution in [0.15, 0.2) is 40.3 Å².